The molecule has 190 valence electrons. The second-order valence-corrected chi connectivity index (χ2v) is 10.7. The Labute approximate surface area is 209 Å². The summed E-state index contributed by atoms with van der Waals surface area (Å²) in [6.07, 6.45) is 6.33. The number of hydrogen-bond donors (Lipinski definition) is 0. The maximum atomic E-state index is 12.9. The smallest absolute Gasteiger partial charge is 0.417 e. The summed E-state index contributed by atoms with van der Waals surface area (Å²) in [7, 11) is 0. The van der Waals surface area contributed by atoms with Crippen molar-refractivity contribution in [2.45, 2.75) is 63.8 Å². The zero-order chi connectivity index (χ0) is 24.1. The Balaban J connectivity index is 1.16. The molecule has 1 aromatic carbocycles. The van der Waals surface area contributed by atoms with Crippen LogP contribution in [0.25, 0.3) is 0 Å². The summed E-state index contributed by atoms with van der Waals surface area (Å²) in [5.74, 6) is 2.90. The van der Waals surface area contributed by atoms with Gasteiger partial charge in [0.15, 0.2) is 6.29 Å². The third-order valence-electron chi connectivity index (χ3n) is 7.79. The Morgan fingerprint density at radius 1 is 0.912 bits per heavy atom. The highest BCUT2D eigenvalue weighted by Crippen LogP contribution is 2.40. The Hall–Kier alpha value is -0.950. The third kappa shape index (κ3) is 6.83. The van der Waals surface area contributed by atoms with Crippen molar-refractivity contribution in [3.63, 3.8) is 0 Å². The predicted octanol–water partition coefficient (Wildman–Crippen LogP) is 8.09. The molecule has 1 aliphatic heterocycles. The van der Waals surface area contributed by atoms with Crippen LogP contribution in [0.5, 0.6) is 5.75 Å². The Morgan fingerprint density at radius 2 is 1.56 bits per heavy atom. The Bertz CT molecular complexity index is 808. The molecule has 0 atom stereocenters. The predicted molar refractivity (Wildman–Crippen MR) is 127 cm³/mol. The van der Waals surface area contributed by atoms with Crippen molar-refractivity contribution in [2.24, 2.45) is 29.6 Å². The standard InChI is InChI=1S/C26H33Cl2F3O3/c27-12-11-17-1-5-19(6-2-17)21-15-33-25(34-16-21)20-7-3-18(4-8-20)14-32-22-9-10-23(24(28)13-22)26(29,30)31/h9-13,17-21,25H,1-8,14-16H2/b12-11+/t17-,18-,19-,20-,21?,25?. The van der Waals surface area contributed by atoms with E-state index in [0.29, 0.717) is 41.9 Å². The SMILES string of the molecule is FC(F)(F)c1ccc(OC[C@H]2CC[C@H](C3OCC([C@H]4CC[C@H](/C=C/Cl)CC4)CO3)CC2)cc1Cl. The third-order valence-corrected chi connectivity index (χ3v) is 8.24. The van der Waals surface area contributed by atoms with Crippen LogP contribution in [0.3, 0.4) is 0 Å². The van der Waals surface area contributed by atoms with Gasteiger partial charge in [-0.2, -0.15) is 13.2 Å². The minimum absolute atomic E-state index is 0.123. The second-order valence-electron chi connectivity index (χ2n) is 10.0. The normalized spacial score (nSPS) is 33.2. The van der Waals surface area contributed by atoms with Gasteiger partial charge in [-0.25, -0.2) is 0 Å². The van der Waals surface area contributed by atoms with Crippen molar-refractivity contribution in [2.75, 3.05) is 19.8 Å². The van der Waals surface area contributed by atoms with Gasteiger partial charge in [0.1, 0.15) is 5.75 Å². The molecule has 3 nitrogen and oxygen atoms in total. The van der Waals surface area contributed by atoms with Crippen LogP contribution in [-0.4, -0.2) is 26.1 Å². The van der Waals surface area contributed by atoms with Crippen LogP contribution in [0.15, 0.2) is 29.8 Å². The first-order valence-electron chi connectivity index (χ1n) is 12.3. The van der Waals surface area contributed by atoms with Crippen LogP contribution in [0.4, 0.5) is 13.2 Å². The van der Waals surface area contributed by atoms with Gasteiger partial charge in [-0.3, -0.25) is 0 Å². The molecule has 34 heavy (non-hydrogen) atoms. The molecule has 3 fully saturated rings. The van der Waals surface area contributed by atoms with E-state index in [9.17, 15) is 13.2 Å². The van der Waals surface area contributed by atoms with E-state index in [1.54, 1.807) is 5.54 Å². The molecule has 0 unspecified atom stereocenters. The number of ether oxygens (including phenoxy) is 3. The average Bonchev–Trinajstić information content (AvgIpc) is 2.83. The molecule has 0 spiro atoms. The second kappa shape index (κ2) is 11.9. The first-order chi connectivity index (χ1) is 16.3. The van der Waals surface area contributed by atoms with Crippen LogP contribution >= 0.6 is 23.2 Å². The minimum atomic E-state index is -4.46. The van der Waals surface area contributed by atoms with Crippen LogP contribution in [-0.2, 0) is 15.7 Å². The molecule has 1 heterocycles. The molecule has 2 saturated carbocycles. The van der Waals surface area contributed by atoms with Gasteiger partial charge in [0, 0.05) is 17.4 Å². The quantitative estimate of drug-likeness (QED) is 0.379. The molecular formula is C26H33Cl2F3O3. The lowest BCUT2D eigenvalue weighted by atomic mass is 9.76. The molecule has 1 saturated heterocycles. The molecule has 3 aliphatic rings. The Morgan fingerprint density at radius 3 is 2.15 bits per heavy atom. The molecule has 8 heteroatoms. The first kappa shape index (κ1) is 26.1. The van der Waals surface area contributed by atoms with Crippen LogP contribution in [0.2, 0.25) is 5.02 Å². The highest BCUT2D eigenvalue weighted by atomic mass is 35.5. The van der Waals surface area contributed by atoms with Gasteiger partial charge in [0.2, 0.25) is 0 Å². The van der Waals surface area contributed by atoms with Crippen LogP contribution in [0.1, 0.15) is 56.9 Å². The molecule has 0 aromatic heterocycles. The molecule has 1 aromatic rings. The number of allylic oxidation sites excluding steroid dienone is 1. The van der Waals surface area contributed by atoms with Crippen LogP contribution in [0, 0.1) is 29.6 Å². The number of hydrogen-bond acceptors (Lipinski definition) is 3. The minimum Gasteiger partial charge on any atom is -0.493 e. The van der Waals surface area contributed by atoms with Gasteiger partial charge in [0.25, 0.3) is 0 Å². The molecule has 0 amide bonds. The number of halogens is 5. The lowest BCUT2D eigenvalue weighted by molar-refractivity contribution is -0.237. The van der Waals surface area contributed by atoms with E-state index in [-0.39, 0.29) is 11.3 Å². The maximum Gasteiger partial charge on any atom is 0.417 e. The van der Waals surface area contributed by atoms with Crippen molar-refractivity contribution in [1.82, 2.24) is 0 Å². The lowest BCUT2D eigenvalue weighted by Crippen LogP contribution is -2.41. The molecule has 2 aliphatic carbocycles. The Kier molecular flexibility index (Phi) is 9.11. The highest BCUT2D eigenvalue weighted by molar-refractivity contribution is 6.31. The van der Waals surface area contributed by atoms with Gasteiger partial charge in [-0.05, 0) is 87.3 Å². The maximum absolute atomic E-state index is 12.9. The van der Waals surface area contributed by atoms with Gasteiger partial charge >= 0.3 is 6.18 Å². The summed E-state index contributed by atoms with van der Waals surface area (Å²) in [5.41, 5.74) is 0.807. The fourth-order valence-corrected chi connectivity index (χ4v) is 6.13. The van der Waals surface area contributed by atoms with E-state index >= 15 is 0 Å². The summed E-state index contributed by atoms with van der Waals surface area (Å²) in [6, 6.07) is 3.56. The average molecular weight is 521 g/mol. The van der Waals surface area contributed by atoms with Gasteiger partial charge in [-0.15, -0.1) is 0 Å². The fourth-order valence-electron chi connectivity index (χ4n) is 5.65. The summed E-state index contributed by atoms with van der Waals surface area (Å²) in [4.78, 5) is 0. The zero-order valence-corrected chi connectivity index (χ0v) is 20.8. The zero-order valence-electron chi connectivity index (χ0n) is 19.2. The summed E-state index contributed by atoms with van der Waals surface area (Å²) >= 11 is 11.5. The van der Waals surface area contributed by atoms with Crippen LogP contribution < -0.4 is 4.74 Å². The molecule has 4 rings (SSSR count). The monoisotopic (exact) mass is 520 g/mol. The summed E-state index contributed by atoms with van der Waals surface area (Å²) in [6.45, 7) is 2.04. The molecule has 0 N–H and O–H groups in total. The van der Waals surface area contributed by atoms with E-state index in [4.69, 9.17) is 37.4 Å². The fraction of sp³-hybridized carbons (Fsp3) is 0.692. The lowest BCUT2D eigenvalue weighted by Gasteiger charge is -2.41. The topological polar surface area (TPSA) is 27.7 Å². The molecule has 0 bridgehead atoms. The van der Waals surface area contributed by atoms with E-state index in [1.807, 2.05) is 0 Å². The largest absolute Gasteiger partial charge is 0.493 e. The number of alkyl halides is 3. The highest BCUT2D eigenvalue weighted by Gasteiger charge is 2.36. The van der Waals surface area contributed by atoms with E-state index < -0.39 is 11.7 Å². The molecular weight excluding hydrogens is 488 g/mol. The van der Waals surface area contributed by atoms with Crippen molar-refractivity contribution in [1.29, 1.82) is 0 Å². The van der Waals surface area contributed by atoms with Crippen molar-refractivity contribution in [3.05, 3.63) is 40.4 Å². The first-order valence-corrected chi connectivity index (χ1v) is 13.1. The summed E-state index contributed by atoms with van der Waals surface area (Å²) in [5, 5.41) is -0.334. The van der Waals surface area contributed by atoms with E-state index in [2.05, 4.69) is 6.08 Å². The van der Waals surface area contributed by atoms with Gasteiger partial charge in [-0.1, -0.05) is 29.3 Å². The van der Waals surface area contributed by atoms with Crippen molar-refractivity contribution in [3.8, 4) is 5.75 Å². The van der Waals surface area contributed by atoms with E-state index in [1.165, 1.54) is 37.8 Å². The van der Waals surface area contributed by atoms with Crippen molar-refractivity contribution < 1.29 is 27.4 Å². The number of benzene rings is 1. The van der Waals surface area contributed by atoms with Gasteiger partial charge < -0.3 is 14.2 Å². The summed E-state index contributed by atoms with van der Waals surface area (Å²) < 4.78 is 56.7. The van der Waals surface area contributed by atoms with E-state index in [0.717, 1.165) is 45.0 Å². The number of rotatable bonds is 6. The van der Waals surface area contributed by atoms with Gasteiger partial charge in [0.05, 0.1) is 30.4 Å². The van der Waals surface area contributed by atoms with Crippen molar-refractivity contribution >= 4 is 23.2 Å². The molecule has 0 radical (unpaired) electrons.